The largest absolute Gasteiger partial charge is 0.497 e. The Morgan fingerprint density at radius 3 is 2.46 bits per heavy atom. The summed E-state index contributed by atoms with van der Waals surface area (Å²) in [6.07, 6.45) is 0.359. The number of anilines is 1. The van der Waals surface area contributed by atoms with Crippen LogP contribution in [0.15, 0.2) is 24.3 Å². The quantitative estimate of drug-likeness (QED) is 0.890. The van der Waals surface area contributed by atoms with Crippen LogP contribution in [0.1, 0.15) is 27.2 Å². The van der Waals surface area contributed by atoms with Gasteiger partial charge in [0.2, 0.25) is 0 Å². The Labute approximate surface area is 142 Å². The van der Waals surface area contributed by atoms with E-state index in [2.05, 4.69) is 10.6 Å². The summed E-state index contributed by atoms with van der Waals surface area (Å²) in [7, 11) is 1.59. The van der Waals surface area contributed by atoms with Crippen LogP contribution in [0.2, 0.25) is 0 Å². The lowest BCUT2D eigenvalue weighted by molar-refractivity contribution is 0.0291. The van der Waals surface area contributed by atoms with Gasteiger partial charge in [-0.1, -0.05) is 0 Å². The maximum Gasteiger partial charge on any atom is 0.410 e. The summed E-state index contributed by atoms with van der Waals surface area (Å²) in [5, 5.41) is 5.64. The van der Waals surface area contributed by atoms with Gasteiger partial charge in [0, 0.05) is 24.8 Å². The minimum Gasteiger partial charge on any atom is -0.497 e. The molecule has 0 radical (unpaired) electrons. The fourth-order valence-corrected chi connectivity index (χ4v) is 2.40. The van der Waals surface area contributed by atoms with Crippen molar-refractivity contribution in [3.05, 3.63) is 24.3 Å². The van der Waals surface area contributed by atoms with Gasteiger partial charge in [0.15, 0.2) is 0 Å². The average Bonchev–Trinajstić information content (AvgIpc) is 2.95. The highest BCUT2D eigenvalue weighted by Crippen LogP contribution is 2.17. The Morgan fingerprint density at radius 1 is 1.21 bits per heavy atom. The number of urea groups is 1. The average molecular weight is 335 g/mol. The van der Waals surface area contributed by atoms with Gasteiger partial charge in [0.25, 0.3) is 0 Å². The summed E-state index contributed by atoms with van der Waals surface area (Å²) in [5.74, 6) is 0.727. The fraction of sp³-hybridized carbons (Fsp3) is 0.529. The van der Waals surface area contributed by atoms with Gasteiger partial charge in [-0.15, -0.1) is 0 Å². The molecule has 0 spiro atoms. The number of benzene rings is 1. The highest BCUT2D eigenvalue weighted by atomic mass is 16.6. The fourth-order valence-electron chi connectivity index (χ4n) is 2.40. The Balaban J connectivity index is 1.79. The lowest BCUT2D eigenvalue weighted by Crippen LogP contribution is -2.41. The van der Waals surface area contributed by atoms with Crippen molar-refractivity contribution in [2.24, 2.45) is 0 Å². The van der Waals surface area contributed by atoms with Crippen LogP contribution < -0.4 is 15.4 Å². The van der Waals surface area contributed by atoms with Gasteiger partial charge in [-0.05, 0) is 51.5 Å². The molecule has 1 heterocycles. The summed E-state index contributed by atoms with van der Waals surface area (Å²) >= 11 is 0. The molecule has 0 aromatic heterocycles. The third kappa shape index (κ3) is 5.33. The second-order valence-electron chi connectivity index (χ2n) is 6.74. The number of nitrogens with zero attached hydrogens (tertiary/aromatic N) is 1. The van der Waals surface area contributed by atoms with E-state index < -0.39 is 5.60 Å². The predicted molar refractivity (Wildman–Crippen MR) is 91.4 cm³/mol. The number of nitrogens with one attached hydrogen (secondary N) is 2. The number of methoxy groups -OCH3 is 1. The maximum atomic E-state index is 12.0. The van der Waals surface area contributed by atoms with Crippen LogP contribution in [-0.4, -0.2) is 48.9 Å². The first-order chi connectivity index (χ1) is 11.3. The highest BCUT2D eigenvalue weighted by molar-refractivity contribution is 5.89. The second kappa shape index (κ2) is 7.42. The third-order valence-electron chi connectivity index (χ3n) is 3.52. The predicted octanol–water partition coefficient (Wildman–Crippen LogP) is 2.83. The lowest BCUT2D eigenvalue weighted by atomic mass is 10.2. The Bertz CT molecular complexity index is 580. The van der Waals surface area contributed by atoms with Gasteiger partial charge in [-0.3, -0.25) is 0 Å². The van der Waals surface area contributed by atoms with E-state index in [1.807, 2.05) is 20.8 Å². The molecule has 0 bridgehead atoms. The van der Waals surface area contributed by atoms with E-state index in [1.54, 1.807) is 36.3 Å². The second-order valence-corrected chi connectivity index (χ2v) is 6.74. The van der Waals surface area contributed by atoms with Crippen molar-refractivity contribution in [2.75, 3.05) is 25.5 Å². The summed E-state index contributed by atoms with van der Waals surface area (Å²) in [6, 6.07) is 6.69. The van der Waals surface area contributed by atoms with Gasteiger partial charge >= 0.3 is 12.1 Å². The Hall–Kier alpha value is -2.44. The van der Waals surface area contributed by atoms with E-state index in [-0.39, 0.29) is 18.2 Å². The Morgan fingerprint density at radius 2 is 1.88 bits per heavy atom. The number of carbonyl (C=O) groups is 2. The van der Waals surface area contributed by atoms with Crippen molar-refractivity contribution in [2.45, 2.75) is 38.8 Å². The molecule has 1 aliphatic heterocycles. The van der Waals surface area contributed by atoms with Crippen molar-refractivity contribution in [3.63, 3.8) is 0 Å². The SMILES string of the molecule is COc1ccc(NC(=O)NC2CCN(C(=O)OC(C)(C)C)C2)cc1. The van der Waals surface area contributed by atoms with Crippen molar-refractivity contribution in [3.8, 4) is 5.75 Å². The van der Waals surface area contributed by atoms with Crippen LogP contribution in [0.4, 0.5) is 15.3 Å². The van der Waals surface area contributed by atoms with E-state index in [0.717, 1.165) is 5.75 Å². The van der Waals surface area contributed by atoms with Crippen molar-refractivity contribution >= 4 is 17.8 Å². The number of ether oxygens (including phenoxy) is 2. The molecule has 1 aromatic carbocycles. The molecule has 1 saturated heterocycles. The summed E-state index contributed by atoms with van der Waals surface area (Å²) in [5.41, 5.74) is 0.157. The first kappa shape index (κ1) is 17.9. The molecular weight excluding hydrogens is 310 g/mol. The number of carbonyl (C=O) groups excluding carboxylic acids is 2. The van der Waals surface area contributed by atoms with Crippen LogP contribution in [0, 0.1) is 0 Å². The number of amides is 3. The van der Waals surface area contributed by atoms with Gasteiger partial charge in [0.1, 0.15) is 11.4 Å². The van der Waals surface area contributed by atoms with Gasteiger partial charge in [-0.2, -0.15) is 0 Å². The van der Waals surface area contributed by atoms with Gasteiger partial charge < -0.3 is 25.0 Å². The van der Waals surface area contributed by atoms with Gasteiger partial charge in [0.05, 0.1) is 7.11 Å². The van der Waals surface area contributed by atoms with E-state index in [4.69, 9.17) is 9.47 Å². The number of likely N-dealkylation sites (tertiary alicyclic amines) is 1. The van der Waals surface area contributed by atoms with Crippen LogP contribution in [0.25, 0.3) is 0 Å². The van der Waals surface area contributed by atoms with Crippen LogP contribution in [0.3, 0.4) is 0 Å². The monoisotopic (exact) mass is 335 g/mol. The number of rotatable bonds is 3. The van der Waals surface area contributed by atoms with Crippen molar-refractivity contribution < 1.29 is 19.1 Å². The zero-order chi connectivity index (χ0) is 17.7. The minimum absolute atomic E-state index is 0.0873. The molecule has 0 saturated carbocycles. The number of hydrogen-bond donors (Lipinski definition) is 2. The first-order valence-electron chi connectivity index (χ1n) is 7.96. The Kier molecular flexibility index (Phi) is 5.54. The molecule has 2 rings (SSSR count). The molecule has 1 aromatic rings. The van der Waals surface area contributed by atoms with Crippen LogP contribution >= 0.6 is 0 Å². The normalized spacial score (nSPS) is 17.3. The molecule has 24 heavy (non-hydrogen) atoms. The molecule has 1 fully saturated rings. The molecule has 2 N–H and O–H groups in total. The molecule has 3 amide bonds. The highest BCUT2D eigenvalue weighted by Gasteiger charge is 2.30. The first-order valence-corrected chi connectivity index (χ1v) is 7.96. The van der Waals surface area contributed by atoms with Gasteiger partial charge in [-0.25, -0.2) is 9.59 Å². The maximum absolute atomic E-state index is 12.0. The molecule has 132 valence electrons. The smallest absolute Gasteiger partial charge is 0.410 e. The van der Waals surface area contributed by atoms with E-state index in [1.165, 1.54) is 0 Å². The molecule has 1 aliphatic rings. The van der Waals surface area contributed by atoms with Crippen molar-refractivity contribution in [1.82, 2.24) is 10.2 Å². The zero-order valence-corrected chi connectivity index (χ0v) is 14.6. The molecule has 0 aliphatic carbocycles. The van der Waals surface area contributed by atoms with E-state index in [9.17, 15) is 9.59 Å². The lowest BCUT2D eigenvalue weighted by Gasteiger charge is -2.24. The van der Waals surface area contributed by atoms with E-state index >= 15 is 0 Å². The third-order valence-corrected chi connectivity index (χ3v) is 3.52. The van der Waals surface area contributed by atoms with Crippen molar-refractivity contribution in [1.29, 1.82) is 0 Å². The molecule has 1 unspecified atom stereocenters. The molecule has 7 heteroatoms. The molecule has 7 nitrogen and oxygen atoms in total. The summed E-state index contributed by atoms with van der Waals surface area (Å²) in [6.45, 7) is 6.52. The van der Waals surface area contributed by atoms with Crippen LogP contribution in [-0.2, 0) is 4.74 Å². The minimum atomic E-state index is -0.520. The summed E-state index contributed by atoms with van der Waals surface area (Å²) in [4.78, 5) is 25.7. The number of hydrogen-bond acceptors (Lipinski definition) is 4. The zero-order valence-electron chi connectivity index (χ0n) is 14.6. The van der Waals surface area contributed by atoms with Crippen LogP contribution in [0.5, 0.6) is 5.75 Å². The molecule has 1 atom stereocenters. The standard InChI is InChI=1S/C17H25N3O4/c1-17(2,3)24-16(22)20-10-9-13(11-20)19-15(21)18-12-5-7-14(23-4)8-6-12/h5-8,13H,9-11H2,1-4H3,(H2,18,19,21). The summed E-state index contributed by atoms with van der Waals surface area (Å²) < 4.78 is 10.4. The topological polar surface area (TPSA) is 79.9 Å². The molecular formula is C17H25N3O4. The van der Waals surface area contributed by atoms with E-state index in [0.29, 0.717) is 25.2 Å².